The monoisotopic (exact) mass is 287 g/mol. The molecule has 2 rings (SSSR count). The first-order valence-electron chi connectivity index (χ1n) is 6.91. The summed E-state index contributed by atoms with van der Waals surface area (Å²) < 4.78 is 1.85. The van der Waals surface area contributed by atoms with Crippen molar-refractivity contribution in [2.75, 3.05) is 0 Å². The van der Waals surface area contributed by atoms with Crippen molar-refractivity contribution in [3.8, 4) is 0 Å². The van der Waals surface area contributed by atoms with Crippen LogP contribution < -0.4 is 5.73 Å². The third kappa shape index (κ3) is 3.65. The normalized spacial score (nSPS) is 11.6. The first kappa shape index (κ1) is 15.2. The molecule has 0 spiro atoms. The highest BCUT2D eigenvalue weighted by Gasteiger charge is 2.22. The number of amides is 1. The zero-order valence-electron chi connectivity index (χ0n) is 12.9. The molecule has 0 aliphatic carbocycles. The Kier molecular flexibility index (Phi) is 4.06. The van der Waals surface area contributed by atoms with Crippen molar-refractivity contribution in [2.24, 2.45) is 5.73 Å². The van der Waals surface area contributed by atoms with Gasteiger partial charge in [0, 0.05) is 6.20 Å². The quantitative estimate of drug-likeness (QED) is 0.919. The zero-order chi connectivity index (χ0) is 15.6. The third-order valence-corrected chi connectivity index (χ3v) is 3.13. The third-order valence-electron chi connectivity index (χ3n) is 3.13. The Bertz CT molecular complexity index is 654. The van der Waals surface area contributed by atoms with E-state index in [1.54, 1.807) is 6.20 Å². The number of carbonyl (C=O) groups is 1. The fourth-order valence-electron chi connectivity index (χ4n) is 2.13. The number of carbonyl (C=O) groups excluding carboxylic acids is 1. The Morgan fingerprint density at radius 3 is 2.67 bits per heavy atom. The van der Waals surface area contributed by atoms with Crippen LogP contribution in [0.15, 0.2) is 18.3 Å². The molecule has 0 radical (unpaired) electrons. The Morgan fingerprint density at radius 2 is 2.10 bits per heavy atom. The zero-order valence-corrected chi connectivity index (χ0v) is 12.9. The van der Waals surface area contributed by atoms with Crippen LogP contribution in [0.1, 0.15) is 43.7 Å². The summed E-state index contributed by atoms with van der Waals surface area (Å²) >= 11 is 0. The number of hydrogen-bond acceptors (Lipinski definition) is 4. The molecular formula is C15H21N5O. The van der Waals surface area contributed by atoms with Gasteiger partial charge in [0.15, 0.2) is 5.82 Å². The van der Waals surface area contributed by atoms with Gasteiger partial charge in [-0.15, -0.1) is 0 Å². The summed E-state index contributed by atoms with van der Waals surface area (Å²) in [5.74, 6) is 0.822. The molecule has 0 fully saturated rings. The van der Waals surface area contributed by atoms with Crippen LogP contribution in [-0.4, -0.2) is 25.7 Å². The average molecular weight is 287 g/mol. The lowest BCUT2D eigenvalue weighted by molar-refractivity contribution is -0.117. The molecule has 0 aromatic carbocycles. The number of rotatable bonds is 4. The summed E-state index contributed by atoms with van der Waals surface area (Å²) in [6, 6.07) is 3.93. The molecule has 112 valence electrons. The van der Waals surface area contributed by atoms with Gasteiger partial charge in [0.2, 0.25) is 5.91 Å². The molecule has 2 aromatic rings. The van der Waals surface area contributed by atoms with E-state index in [2.05, 4.69) is 15.1 Å². The van der Waals surface area contributed by atoms with Crippen molar-refractivity contribution in [3.63, 3.8) is 0 Å². The predicted molar refractivity (Wildman–Crippen MR) is 79.7 cm³/mol. The Labute approximate surface area is 124 Å². The van der Waals surface area contributed by atoms with Gasteiger partial charge in [0.05, 0.1) is 24.1 Å². The number of hydrogen-bond donors (Lipinski definition) is 1. The van der Waals surface area contributed by atoms with Crippen LogP contribution in [0.3, 0.4) is 0 Å². The number of pyridine rings is 1. The van der Waals surface area contributed by atoms with Gasteiger partial charge in [-0.3, -0.25) is 9.78 Å². The summed E-state index contributed by atoms with van der Waals surface area (Å²) in [6.45, 7) is 8.16. The van der Waals surface area contributed by atoms with Gasteiger partial charge in [-0.05, 0) is 39.3 Å². The van der Waals surface area contributed by atoms with Gasteiger partial charge >= 0.3 is 0 Å². The van der Waals surface area contributed by atoms with Crippen LogP contribution in [-0.2, 0) is 23.2 Å². The average Bonchev–Trinajstić information content (AvgIpc) is 2.74. The van der Waals surface area contributed by atoms with E-state index in [4.69, 9.17) is 5.73 Å². The molecule has 1 amide bonds. The lowest BCUT2D eigenvalue weighted by Crippen LogP contribution is -2.26. The second-order valence-electron chi connectivity index (χ2n) is 6.11. The molecule has 2 N–H and O–H groups in total. The maximum absolute atomic E-state index is 11.1. The van der Waals surface area contributed by atoms with E-state index in [-0.39, 0.29) is 12.0 Å². The van der Waals surface area contributed by atoms with E-state index in [9.17, 15) is 4.79 Å². The van der Waals surface area contributed by atoms with Gasteiger partial charge < -0.3 is 5.73 Å². The lowest BCUT2D eigenvalue weighted by Gasteiger charge is -2.21. The molecule has 2 heterocycles. The number of aromatic nitrogens is 4. The Balaban J connectivity index is 2.39. The van der Waals surface area contributed by atoms with Gasteiger partial charge in [0.25, 0.3) is 0 Å². The van der Waals surface area contributed by atoms with Crippen molar-refractivity contribution in [2.45, 2.75) is 46.1 Å². The maximum Gasteiger partial charge on any atom is 0.225 e. The Morgan fingerprint density at radius 1 is 1.38 bits per heavy atom. The standard InChI is InChI=1S/C15H21N5O/c1-10-6-5-7-17-11(10)8-14-18-13(9-12(16)21)19-20(14)15(2,3)4/h5-7H,8-9H2,1-4H3,(H2,16,21). The molecule has 0 saturated heterocycles. The Hall–Kier alpha value is -2.24. The molecule has 0 aliphatic heterocycles. The highest BCUT2D eigenvalue weighted by molar-refractivity contribution is 5.75. The summed E-state index contributed by atoms with van der Waals surface area (Å²) in [7, 11) is 0. The van der Waals surface area contributed by atoms with Gasteiger partial charge in [-0.25, -0.2) is 9.67 Å². The number of primary amides is 1. The van der Waals surface area contributed by atoms with Crippen LogP contribution >= 0.6 is 0 Å². The van der Waals surface area contributed by atoms with Crippen LogP contribution in [0.25, 0.3) is 0 Å². The van der Waals surface area contributed by atoms with Gasteiger partial charge in [-0.1, -0.05) is 6.07 Å². The van der Waals surface area contributed by atoms with E-state index in [1.165, 1.54) is 0 Å². The first-order valence-corrected chi connectivity index (χ1v) is 6.91. The predicted octanol–water partition coefficient (Wildman–Crippen LogP) is 1.36. The van der Waals surface area contributed by atoms with Crippen molar-refractivity contribution in [1.82, 2.24) is 19.7 Å². The molecule has 2 aromatic heterocycles. The molecule has 0 atom stereocenters. The molecular weight excluding hydrogens is 266 g/mol. The molecule has 21 heavy (non-hydrogen) atoms. The smallest absolute Gasteiger partial charge is 0.225 e. The van der Waals surface area contributed by atoms with E-state index >= 15 is 0 Å². The van der Waals surface area contributed by atoms with E-state index in [0.717, 1.165) is 17.1 Å². The summed E-state index contributed by atoms with van der Waals surface area (Å²) in [4.78, 5) is 19.9. The second-order valence-corrected chi connectivity index (χ2v) is 6.11. The minimum absolute atomic E-state index is 0.0529. The number of nitrogens with zero attached hydrogens (tertiary/aromatic N) is 4. The SMILES string of the molecule is Cc1cccnc1Cc1nc(CC(N)=O)nn1C(C)(C)C. The fourth-order valence-corrected chi connectivity index (χ4v) is 2.13. The second kappa shape index (κ2) is 5.63. The highest BCUT2D eigenvalue weighted by Crippen LogP contribution is 2.18. The van der Waals surface area contributed by atoms with Gasteiger partial charge in [-0.2, -0.15) is 5.10 Å². The minimum Gasteiger partial charge on any atom is -0.369 e. The van der Waals surface area contributed by atoms with Crippen LogP contribution in [0.2, 0.25) is 0 Å². The molecule has 0 aliphatic rings. The van der Waals surface area contributed by atoms with Gasteiger partial charge in [0.1, 0.15) is 5.82 Å². The molecule has 0 bridgehead atoms. The van der Waals surface area contributed by atoms with Crippen molar-refractivity contribution < 1.29 is 4.79 Å². The van der Waals surface area contributed by atoms with E-state index < -0.39 is 5.91 Å². The number of aryl methyl sites for hydroxylation is 1. The highest BCUT2D eigenvalue weighted by atomic mass is 16.1. The van der Waals surface area contributed by atoms with Crippen LogP contribution in [0, 0.1) is 6.92 Å². The maximum atomic E-state index is 11.1. The summed E-state index contributed by atoms with van der Waals surface area (Å²) in [5.41, 5.74) is 7.08. The summed E-state index contributed by atoms with van der Waals surface area (Å²) in [6.07, 6.45) is 2.40. The molecule has 6 nitrogen and oxygen atoms in total. The van der Waals surface area contributed by atoms with E-state index in [1.807, 2.05) is 44.5 Å². The van der Waals surface area contributed by atoms with Crippen LogP contribution in [0.4, 0.5) is 0 Å². The fraction of sp³-hybridized carbons (Fsp3) is 0.467. The first-order chi connectivity index (χ1) is 9.77. The molecule has 0 saturated carbocycles. The lowest BCUT2D eigenvalue weighted by atomic mass is 10.1. The summed E-state index contributed by atoms with van der Waals surface area (Å²) in [5, 5.41) is 4.42. The van der Waals surface area contributed by atoms with Crippen molar-refractivity contribution in [3.05, 3.63) is 41.2 Å². The van der Waals surface area contributed by atoms with Crippen molar-refractivity contribution >= 4 is 5.91 Å². The molecule has 6 heteroatoms. The molecule has 0 unspecified atom stereocenters. The number of nitrogens with two attached hydrogens (primary N) is 1. The van der Waals surface area contributed by atoms with E-state index in [0.29, 0.717) is 12.2 Å². The van der Waals surface area contributed by atoms with Crippen molar-refractivity contribution in [1.29, 1.82) is 0 Å². The topological polar surface area (TPSA) is 86.7 Å². The largest absolute Gasteiger partial charge is 0.369 e. The van der Waals surface area contributed by atoms with Crippen LogP contribution in [0.5, 0.6) is 0 Å². The minimum atomic E-state index is -0.429.